The first-order chi connectivity index (χ1) is 6.24. The van der Waals surface area contributed by atoms with Crippen LogP contribution in [0.2, 0.25) is 0 Å². The van der Waals surface area contributed by atoms with Crippen LogP contribution in [-0.4, -0.2) is 0 Å². The molecule has 0 aliphatic heterocycles. The van der Waals surface area contributed by atoms with E-state index in [0.29, 0.717) is 0 Å². The van der Waals surface area contributed by atoms with Gasteiger partial charge >= 0.3 is 0 Å². The number of allylic oxidation sites excluding steroid dienone is 9. The summed E-state index contributed by atoms with van der Waals surface area (Å²) < 4.78 is 0. The van der Waals surface area contributed by atoms with Crippen LogP contribution in [0.5, 0.6) is 0 Å². The molecule has 0 saturated carbocycles. The summed E-state index contributed by atoms with van der Waals surface area (Å²) in [5.74, 6) is 0. The molecule has 1 rings (SSSR count). The molecule has 0 fully saturated rings. The second-order valence-electron chi connectivity index (χ2n) is 3.28. The Morgan fingerprint density at radius 1 is 1.31 bits per heavy atom. The second-order valence-corrected chi connectivity index (χ2v) is 3.28. The van der Waals surface area contributed by atoms with Gasteiger partial charge in [-0.2, -0.15) is 0 Å². The number of hydrogen-bond donors (Lipinski definition) is 0. The molecule has 68 valence electrons. The van der Waals surface area contributed by atoms with Gasteiger partial charge < -0.3 is 0 Å². The van der Waals surface area contributed by atoms with E-state index in [9.17, 15) is 0 Å². The van der Waals surface area contributed by atoms with Crippen LogP contribution in [0.3, 0.4) is 0 Å². The zero-order valence-electron chi connectivity index (χ0n) is 8.38. The van der Waals surface area contributed by atoms with Crippen molar-refractivity contribution in [2.75, 3.05) is 0 Å². The van der Waals surface area contributed by atoms with Crippen LogP contribution in [0.4, 0.5) is 0 Å². The Hall–Kier alpha value is -1.30. The molecule has 0 saturated heterocycles. The minimum Gasteiger partial charge on any atom is -0.0988 e. The third kappa shape index (κ3) is 2.90. The SMILES string of the molecule is C=C/C(C)=C(C)\C=C1\C=CC=CC1. The Bertz CT molecular complexity index is 309. The maximum atomic E-state index is 3.76. The van der Waals surface area contributed by atoms with Gasteiger partial charge in [0.05, 0.1) is 0 Å². The molecule has 0 N–H and O–H groups in total. The standard InChI is InChI=1S/C13H16/c1-4-11(2)12(3)10-13-8-6-5-7-9-13/h4-8,10H,1,9H2,2-3H3/b12-11-,13-10-. The van der Waals surface area contributed by atoms with Crippen LogP contribution in [0.1, 0.15) is 20.3 Å². The molecular weight excluding hydrogens is 156 g/mol. The Morgan fingerprint density at radius 2 is 2.08 bits per heavy atom. The first kappa shape index (κ1) is 9.79. The van der Waals surface area contributed by atoms with Crippen molar-refractivity contribution < 1.29 is 0 Å². The molecule has 1 aliphatic carbocycles. The van der Waals surface area contributed by atoms with E-state index in [0.717, 1.165) is 6.42 Å². The molecular formula is C13H16. The molecule has 0 radical (unpaired) electrons. The summed E-state index contributed by atoms with van der Waals surface area (Å²) in [6.07, 6.45) is 13.6. The molecule has 13 heavy (non-hydrogen) atoms. The van der Waals surface area contributed by atoms with E-state index in [2.05, 4.69) is 50.8 Å². The van der Waals surface area contributed by atoms with Gasteiger partial charge in [0.2, 0.25) is 0 Å². The maximum absolute atomic E-state index is 3.76. The van der Waals surface area contributed by atoms with Gasteiger partial charge in [0.25, 0.3) is 0 Å². The zero-order chi connectivity index (χ0) is 9.68. The third-order valence-corrected chi connectivity index (χ3v) is 2.24. The maximum Gasteiger partial charge on any atom is -0.00942 e. The topological polar surface area (TPSA) is 0 Å². The quantitative estimate of drug-likeness (QED) is 0.553. The second kappa shape index (κ2) is 4.66. The van der Waals surface area contributed by atoms with Gasteiger partial charge in [-0.1, -0.05) is 43.0 Å². The minimum absolute atomic E-state index is 1.04. The van der Waals surface area contributed by atoms with E-state index in [-0.39, 0.29) is 0 Å². The van der Waals surface area contributed by atoms with Crippen molar-refractivity contribution in [3.8, 4) is 0 Å². The fourth-order valence-corrected chi connectivity index (χ4v) is 1.19. The summed E-state index contributed by atoms with van der Waals surface area (Å²) in [6, 6.07) is 0. The Morgan fingerprint density at radius 3 is 2.62 bits per heavy atom. The predicted molar refractivity (Wildman–Crippen MR) is 59.6 cm³/mol. The van der Waals surface area contributed by atoms with Crippen LogP contribution in [0.15, 0.2) is 59.8 Å². The van der Waals surface area contributed by atoms with Crippen molar-refractivity contribution in [1.82, 2.24) is 0 Å². The molecule has 0 atom stereocenters. The molecule has 0 spiro atoms. The smallest absolute Gasteiger partial charge is 0.00942 e. The summed E-state index contributed by atoms with van der Waals surface area (Å²) in [6.45, 7) is 7.96. The average Bonchev–Trinajstić information content (AvgIpc) is 2.18. The molecule has 0 aromatic carbocycles. The molecule has 0 bridgehead atoms. The minimum atomic E-state index is 1.04. The highest BCUT2D eigenvalue weighted by atomic mass is 14.0. The van der Waals surface area contributed by atoms with Crippen molar-refractivity contribution in [2.45, 2.75) is 20.3 Å². The first-order valence-corrected chi connectivity index (χ1v) is 4.57. The molecule has 0 unspecified atom stereocenters. The Balaban J connectivity index is 2.82. The highest BCUT2D eigenvalue weighted by Crippen LogP contribution is 2.15. The zero-order valence-corrected chi connectivity index (χ0v) is 8.38. The van der Waals surface area contributed by atoms with Crippen LogP contribution < -0.4 is 0 Å². The largest absolute Gasteiger partial charge is 0.0988 e. The predicted octanol–water partition coefficient (Wildman–Crippen LogP) is 3.95. The van der Waals surface area contributed by atoms with Crippen LogP contribution >= 0.6 is 0 Å². The molecule has 0 aromatic heterocycles. The number of rotatable bonds is 2. The van der Waals surface area contributed by atoms with Gasteiger partial charge in [-0.05, 0) is 37.0 Å². The van der Waals surface area contributed by atoms with Crippen molar-refractivity contribution in [2.24, 2.45) is 0 Å². The summed E-state index contributed by atoms with van der Waals surface area (Å²) in [4.78, 5) is 0. The molecule has 1 aliphatic rings. The summed E-state index contributed by atoms with van der Waals surface area (Å²) >= 11 is 0. The number of hydrogen-bond acceptors (Lipinski definition) is 0. The molecule has 0 nitrogen and oxygen atoms in total. The lowest BCUT2D eigenvalue weighted by molar-refractivity contribution is 1.24. The van der Waals surface area contributed by atoms with E-state index in [1.807, 2.05) is 6.08 Å². The van der Waals surface area contributed by atoms with Crippen molar-refractivity contribution in [3.63, 3.8) is 0 Å². The molecule has 0 amide bonds. The molecule has 0 heteroatoms. The summed E-state index contributed by atoms with van der Waals surface area (Å²) in [5, 5.41) is 0. The normalized spacial score (nSPS) is 20.3. The monoisotopic (exact) mass is 172 g/mol. The van der Waals surface area contributed by atoms with Gasteiger partial charge in [0.1, 0.15) is 0 Å². The summed E-state index contributed by atoms with van der Waals surface area (Å²) in [5.41, 5.74) is 3.90. The lowest BCUT2D eigenvalue weighted by atomic mass is 10.0. The van der Waals surface area contributed by atoms with E-state index >= 15 is 0 Å². The highest BCUT2D eigenvalue weighted by Gasteiger charge is 1.95. The van der Waals surface area contributed by atoms with Gasteiger partial charge in [0.15, 0.2) is 0 Å². The van der Waals surface area contributed by atoms with Crippen LogP contribution in [-0.2, 0) is 0 Å². The summed E-state index contributed by atoms with van der Waals surface area (Å²) in [7, 11) is 0. The van der Waals surface area contributed by atoms with E-state index in [1.165, 1.54) is 16.7 Å². The Kier molecular flexibility index (Phi) is 3.51. The van der Waals surface area contributed by atoms with Crippen molar-refractivity contribution in [3.05, 3.63) is 59.8 Å². The van der Waals surface area contributed by atoms with E-state index < -0.39 is 0 Å². The molecule has 0 aromatic rings. The first-order valence-electron chi connectivity index (χ1n) is 4.57. The van der Waals surface area contributed by atoms with Crippen molar-refractivity contribution in [1.29, 1.82) is 0 Å². The van der Waals surface area contributed by atoms with Gasteiger partial charge in [-0.25, -0.2) is 0 Å². The lowest BCUT2D eigenvalue weighted by Crippen LogP contribution is -1.83. The van der Waals surface area contributed by atoms with E-state index in [4.69, 9.17) is 0 Å². The highest BCUT2D eigenvalue weighted by molar-refractivity contribution is 5.38. The van der Waals surface area contributed by atoms with Gasteiger partial charge in [-0.3, -0.25) is 0 Å². The fraction of sp³-hybridized carbons (Fsp3) is 0.231. The van der Waals surface area contributed by atoms with Crippen molar-refractivity contribution >= 4 is 0 Å². The lowest BCUT2D eigenvalue weighted by Gasteiger charge is -2.03. The van der Waals surface area contributed by atoms with Gasteiger partial charge in [0, 0.05) is 0 Å². The van der Waals surface area contributed by atoms with Gasteiger partial charge in [-0.15, -0.1) is 0 Å². The third-order valence-electron chi connectivity index (χ3n) is 2.24. The molecule has 0 heterocycles. The van der Waals surface area contributed by atoms with Crippen LogP contribution in [0, 0.1) is 0 Å². The average molecular weight is 172 g/mol. The fourth-order valence-electron chi connectivity index (χ4n) is 1.19. The Labute approximate surface area is 80.7 Å². The van der Waals surface area contributed by atoms with Crippen LogP contribution in [0.25, 0.3) is 0 Å². The van der Waals surface area contributed by atoms with E-state index in [1.54, 1.807) is 0 Å².